The Balaban J connectivity index is 2.52. The Hall–Kier alpha value is -1.31. The molecule has 0 aliphatic carbocycles. The maximum absolute atomic E-state index is 11.3. The van der Waals surface area contributed by atoms with Crippen LogP contribution in [0.5, 0.6) is 5.75 Å². The number of hydrogen-bond donors (Lipinski definition) is 0. The third kappa shape index (κ3) is 3.21. The third-order valence-electron chi connectivity index (χ3n) is 2.05. The van der Waals surface area contributed by atoms with Crippen molar-refractivity contribution in [3.05, 3.63) is 29.8 Å². The molecule has 0 aromatic heterocycles. The molecule has 0 amide bonds. The lowest BCUT2D eigenvalue weighted by atomic mass is 10.2. The minimum absolute atomic E-state index is 0.138. The van der Waals surface area contributed by atoms with Gasteiger partial charge in [0, 0.05) is 6.42 Å². The number of rotatable bonds is 4. The van der Waals surface area contributed by atoms with Gasteiger partial charge in [-0.2, -0.15) is 0 Å². The summed E-state index contributed by atoms with van der Waals surface area (Å²) in [6.07, 6.45) is 2.42. The van der Waals surface area contributed by atoms with Gasteiger partial charge in [0.15, 0.2) is 0 Å². The van der Waals surface area contributed by atoms with Gasteiger partial charge in [0.05, 0.1) is 0 Å². The fraction of sp³-hybridized carbons (Fsp3) is 0.417. The summed E-state index contributed by atoms with van der Waals surface area (Å²) in [6, 6.07) is 7.55. The van der Waals surface area contributed by atoms with E-state index in [1.807, 2.05) is 31.2 Å². The van der Waals surface area contributed by atoms with E-state index in [0.29, 0.717) is 12.2 Å². The van der Waals surface area contributed by atoms with Gasteiger partial charge in [-0.3, -0.25) is 4.79 Å². The number of unbranched alkanes of at least 4 members (excludes halogenated alkanes) is 1. The molecule has 0 aliphatic heterocycles. The first kappa shape index (κ1) is 10.8. The number of ether oxygens (including phenoxy) is 1. The first-order valence-corrected chi connectivity index (χ1v) is 5.00. The van der Waals surface area contributed by atoms with Crippen LogP contribution in [0, 0.1) is 6.92 Å². The van der Waals surface area contributed by atoms with E-state index in [4.69, 9.17) is 4.74 Å². The molecule has 1 aromatic rings. The van der Waals surface area contributed by atoms with Gasteiger partial charge >= 0.3 is 5.97 Å². The van der Waals surface area contributed by atoms with E-state index in [0.717, 1.165) is 18.4 Å². The van der Waals surface area contributed by atoms with Crippen LogP contribution < -0.4 is 4.74 Å². The lowest BCUT2D eigenvalue weighted by Crippen LogP contribution is -2.07. The van der Waals surface area contributed by atoms with Crippen LogP contribution in [0.4, 0.5) is 0 Å². The zero-order chi connectivity index (χ0) is 10.4. The molecule has 1 rings (SSSR count). The Bertz CT molecular complexity index is 305. The van der Waals surface area contributed by atoms with Gasteiger partial charge in [0.1, 0.15) is 5.75 Å². The third-order valence-corrected chi connectivity index (χ3v) is 2.05. The summed E-state index contributed by atoms with van der Waals surface area (Å²) < 4.78 is 5.21. The Labute approximate surface area is 84.9 Å². The quantitative estimate of drug-likeness (QED) is 0.541. The van der Waals surface area contributed by atoms with Crippen LogP contribution in [0.25, 0.3) is 0 Å². The van der Waals surface area contributed by atoms with Crippen LogP contribution in [0.3, 0.4) is 0 Å². The van der Waals surface area contributed by atoms with Crippen LogP contribution in [-0.4, -0.2) is 5.97 Å². The summed E-state index contributed by atoms with van der Waals surface area (Å²) in [5.74, 6) is 0.537. The average molecular weight is 192 g/mol. The Kier molecular flexibility index (Phi) is 4.17. The second-order valence-electron chi connectivity index (χ2n) is 3.34. The van der Waals surface area contributed by atoms with E-state index in [2.05, 4.69) is 6.92 Å². The largest absolute Gasteiger partial charge is 0.426 e. The number of carbonyl (C=O) groups is 1. The summed E-state index contributed by atoms with van der Waals surface area (Å²) in [7, 11) is 0. The van der Waals surface area contributed by atoms with Crippen LogP contribution >= 0.6 is 0 Å². The number of hydrogen-bond acceptors (Lipinski definition) is 2. The van der Waals surface area contributed by atoms with E-state index in [1.54, 1.807) is 0 Å². The number of aryl methyl sites for hydroxylation is 1. The second kappa shape index (κ2) is 5.43. The molecule has 0 fully saturated rings. The molecule has 0 radical (unpaired) electrons. The highest BCUT2D eigenvalue weighted by Gasteiger charge is 2.05. The van der Waals surface area contributed by atoms with Crippen LogP contribution in [-0.2, 0) is 4.79 Å². The first-order chi connectivity index (χ1) is 6.74. The summed E-state index contributed by atoms with van der Waals surface area (Å²) in [4.78, 5) is 11.3. The van der Waals surface area contributed by atoms with E-state index in [-0.39, 0.29) is 5.97 Å². The standard InChI is InChI=1S/C12H16O2/c1-3-4-9-12(13)14-11-8-6-5-7-10(11)2/h5-8H,3-4,9H2,1-2H3. The zero-order valence-electron chi connectivity index (χ0n) is 8.75. The number of carbonyl (C=O) groups excluding carboxylic acids is 1. The van der Waals surface area contributed by atoms with Crippen LogP contribution in [0.2, 0.25) is 0 Å². The van der Waals surface area contributed by atoms with Gasteiger partial charge in [-0.05, 0) is 25.0 Å². The maximum atomic E-state index is 11.3. The lowest BCUT2D eigenvalue weighted by Gasteiger charge is -2.05. The van der Waals surface area contributed by atoms with E-state index < -0.39 is 0 Å². The van der Waals surface area contributed by atoms with Crippen molar-refractivity contribution in [3.8, 4) is 5.75 Å². The number of para-hydroxylation sites is 1. The van der Waals surface area contributed by atoms with E-state index in [9.17, 15) is 4.79 Å². The minimum Gasteiger partial charge on any atom is -0.426 e. The van der Waals surface area contributed by atoms with Crippen molar-refractivity contribution in [2.45, 2.75) is 33.1 Å². The molecule has 14 heavy (non-hydrogen) atoms. The van der Waals surface area contributed by atoms with Crippen molar-refractivity contribution in [2.24, 2.45) is 0 Å². The van der Waals surface area contributed by atoms with Crippen molar-refractivity contribution in [3.63, 3.8) is 0 Å². The second-order valence-corrected chi connectivity index (χ2v) is 3.34. The van der Waals surface area contributed by atoms with Crippen molar-refractivity contribution < 1.29 is 9.53 Å². The molecule has 0 unspecified atom stereocenters. The predicted molar refractivity (Wildman–Crippen MR) is 56.3 cm³/mol. The lowest BCUT2D eigenvalue weighted by molar-refractivity contribution is -0.134. The molecule has 2 nitrogen and oxygen atoms in total. The monoisotopic (exact) mass is 192 g/mol. The molecule has 0 saturated heterocycles. The van der Waals surface area contributed by atoms with Gasteiger partial charge in [0.25, 0.3) is 0 Å². The van der Waals surface area contributed by atoms with Gasteiger partial charge in [-0.15, -0.1) is 0 Å². The topological polar surface area (TPSA) is 26.3 Å². The molecule has 0 spiro atoms. The molecule has 1 aromatic carbocycles. The fourth-order valence-electron chi connectivity index (χ4n) is 1.17. The fourth-order valence-corrected chi connectivity index (χ4v) is 1.17. The molecular weight excluding hydrogens is 176 g/mol. The average Bonchev–Trinajstić information content (AvgIpc) is 2.18. The Morgan fingerprint density at radius 2 is 2.07 bits per heavy atom. The molecule has 0 heterocycles. The normalized spacial score (nSPS) is 9.86. The zero-order valence-corrected chi connectivity index (χ0v) is 8.75. The number of esters is 1. The molecule has 0 atom stereocenters. The van der Waals surface area contributed by atoms with Gasteiger partial charge in [-0.25, -0.2) is 0 Å². The van der Waals surface area contributed by atoms with Crippen LogP contribution in [0.1, 0.15) is 31.7 Å². The Morgan fingerprint density at radius 1 is 1.36 bits per heavy atom. The van der Waals surface area contributed by atoms with Crippen molar-refractivity contribution in [2.75, 3.05) is 0 Å². The number of benzene rings is 1. The van der Waals surface area contributed by atoms with Crippen molar-refractivity contribution >= 4 is 5.97 Å². The van der Waals surface area contributed by atoms with Crippen molar-refractivity contribution in [1.29, 1.82) is 0 Å². The summed E-state index contributed by atoms with van der Waals surface area (Å²) >= 11 is 0. The minimum atomic E-state index is -0.138. The smallest absolute Gasteiger partial charge is 0.311 e. The van der Waals surface area contributed by atoms with E-state index >= 15 is 0 Å². The highest BCUT2D eigenvalue weighted by molar-refractivity contribution is 5.72. The summed E-state index contributed by atoms with van der Waals surface area (Å²) in [5, 5.41) is 0. The highest BCUT2D eigenvalue weighted by Crippen LogP contribution is 2.16. The molecule has 0 N–H and O–H groups in total. The molecular formula is C12H16O2. The molecule has 0 saturated carbocycles. The highest BCUT2D eigenvalue weighted by atomic mass is 16.5. The van der Waals surface area contributed by atoms with Crippen molar-refractivity contribution in [1.82, 2.24) is 0 Å². The van der Waals surface area contributed by atoms with E-state index in [1.165, 1.54) is 0 Å². The van der Waals surface area contributed by atoms with Gasteiger partial charge in [-0.1, -0.05) is 31.5 Å². The molecule has 0 bridgehead atoms. The SMILES string of the molecule is CCCCC(=O)Oc1ccccc1C. The Morgan fingerprint density at radius 3 is 2.71 bits per heavy atom. The molecule has 76 valence electrons. The summed E-state index contributed by atoms with van der Waals surface area (Å²) in [5.41, 5.74) is 0.998. The maximum Gasteiger partial charge on any atom is 0.311 e. The molecule has 0 aliphatic rings. The van der Waals surface area contributed by atoms with Crippen LogP contribution in [0.15, 0.2) is 24.3 Å². The predicted octanol–water partition coefficient (Wildman–Crippen LogP) is 3.09. The molecule has 2 heteroatoms. The van der Waals surface area contributed by atoms with Gasteiger partial charge < -0.3 is 4.74 Å². The van der Waals surface area contributed by atoms with Gasteiger partial charge in [0.2, 0.25) is 0 Å². The summed E-state index contributed by atoms with van der Waals surface area (Å²) in [6.45, 7) is 3.99. The first-order valence-electron chi connectivity index (χ1n) is 5.00.